The third-order valence-corrected chi connectivity index (χ3v) is 3.45. The van der Waals surface area contributed by atoms with Crippen LogP contribution in [0.4, 0.5) is 0 Å². The molecule has 0 radical (unpaired) electrons. The summed E-state index contributed by atoms with van der Waals surface area (Å²) < 4.78 is 4.00. The zero-order chi connectivity index (χ0) is 13.4. The highest BCUT2D eigenvalue weighted by atomic mass is 35.5. The number of nitrogens with zero attached hydrogens (tertiary/aromatic N) is 5. The minimum Gasteiger partial charge on any atom is -0.319 e. The number of benzene rings is 1. The van der Waals surface area contributed by atoms with E-state index < -0.39 is 0 Å². The van der Waals surface area contributed by atoms with Crippen LogP contribution in [0.3, 0.4) is 0 Å². The summed E-state index contributed by atoms with van der Waals surface area (Å²) in [5.41, 5.74) is 3.25. The molecule has 0 fully saturated rings. The average molecular weight is 276 g/mol. The molecule has 0 saturated heterocycles. The van der Waals surface area contributed by atoms with Gasteiger partial charge in [-0.05, 0) is 24.6 Å². The molecule has 2 aromatic heterocycles. The predicted molar refractivity (Wildman–Crippen MR) is 74.1 cm³/mol. The first kappa shape index (κ1) is 12.2. The summed E-state index contributed by atoms with van der Waals surface area (Å²) in [6, 6.07) is 6.20. The van der Waals surface area contributed by atoms with Crippen LogP contribution in [0.15, 0.2) is 24.5 Å². The SMILES string of the molecule is Cc1ccc2nc(CCl)n(Cc3nncn3C)c2c1. The van der Waals surface area contributed by atoms with Crippen LogP contribution in [-0.2, 0) is 19.5 Å². The monoisotopic (exact) mass is 275 g/mol. The third-order valence-electron chi connectivity index (χ3n) is 3.21. The van der Waals surface area contributed by atoms with Crippen molar-refractivity contribution in [2.75, 3.05) is 0 Å². The van der Waals surface area contributed by atoms with Crippen molar-refractivity contribution in [3.8, 4) is 0 Å². The van der Waals surface area contributed by atoms with Gasteiger partial charge in [-0.25, -0.2) is 4.98 Å². The van der Waals surface area contributed by atoms with Gasteiger partial charge in [-0.1, -0.05) is 6.07 Å². The van der Waals surface area contributed by atoms with Gasteiger partial charge in [-0.2, -0.15) is 0 Å². The smallest absolute Gasteiger partial charge is 0.152 e. The first-order valence-electron chi connectivity index (χ1n) is 6.03. The van der Waals surface area contributed by atoms with Crippen molar-refractivity contribution >= 4 is 22.6 Å². The lowest BCUT2D eigenvalue weighted by Crippen LogP contribution is -2.08. The Morgan fingerprint density at radius 2 is 2.11 bits per heavy atom. The van der Waals surface area contributed by atoms with Crippen LogP contribution in [-0.4, -0.2) is 24.3 Å². The van der Waals surface area contributed by atoms with Gasteiger partial charge in [0.05, 0.1) is 23.5 Å². The molecular formula is C13H14ClN5. The number of imidazole rings is 1. The number of aryl methyl sites for hydroxylation is 2. The number of alkyl halides is 1. The first-order valence-corrected chi connectivity index (χ1v) is 6.57. The van der Waals surface area contributed by atoms with Gasteiger partial charge in [0.1, 0.15) is 12.2 Å². The normalized spacial score (nSPS) is 11.3. The Morgan fingerprint density at radius 1 is 1.26 bits per heavy atom. The molecule has 0 saturated carbocycles. The minimum absolute atomic E-state index is 0.381. The summed E-state index contributed by atoms with van der Waals surface area (Å²) in [7, 11) is 1.93. The number of halogens is 1. The molecule has 0 unspecified atom stereocenters. The Hall–Kier alpha value is -1.88. The topological polar surface area (TPSA) is 48.5 Å². The second-order valence-electron chi connectivity index (χ2n) is 4.60. The molecule has 19 heavy (non-hydrogen) atoms. The Labute approximate surface area is 115 Å². The van der Waals surface area contributed by atoms with Crippen LogP contribution in [0, 0.1) is 6.92 Å². The Balaban J connectivity index is 2.15. The third kappa shape index (κ3) is 2.10. The van der Waals surface area contributed by atoms with Crippen molar-refractivity contribution in [1.82, 2.24) is 24.3 Å². The molecular weight excluding hydrogens is 262 g/mol. The highest BCUT2D eigenvalue weighted by Crippen LogP contribution is 2.20. The van der Waals surface area contributed by atoms with E-state index in [1.165, 1.54) is 5.56 Å². The van der Waals surface area contributed by atoms with Crippen molar-refractivity contribution in [3.63, 3.8) is 0 Å². The largest absolute Gasteiger partial charge is 0.319 e. The van der Waals surface area contributed by atoms with Crippen LogP contribution in [0.2, 0.25) is 0 Å². The maximum Gasteiger partial charge on any atom is 0.152 e. The van der Waals surface area contributed by atoms with Crippen LogP contribution in [0.1, 0.15) is 17.2 Å². The van der Waals surface area contributed by atoms with Gasteiger partial charge in [0.15, 0.2) is 5.82 Å². The molecule has 2 heterocycles. The van der Waals surface area contributed by atoms with E-state index in [1.807, 2.05) is 17.7 Å². The molecule has 3 rings (SSSR count). The lowest BCUT2D eigenvalue weighted by atomic mass is 10.2. The van der Waals surface area contributed by atoms with Gasteiger partial charge < -0.3 is 9.13 Å². The lowest BCUT2D eigenvalue weighted by molar-refractivity contribution is 0.691. The summed E-state index contributed by atoms with van der Waals surface area (Å²) in [6.45, 7) is 2.69. The van der Waals surface area contributed by atoms with Crippen molar-refractivity contribution in [3.05, 3.63) is 41.7 Å². The fourth-order valence-electron chi connectivity index (χ4n) is 2.15. The summed E-state index contributed by atoms with van der Waals surface area (Å²) >= 11 is 6.00. The van der Waals surface area contributed by atoms with E-state index in [0.29, 0.717) is 12.4 Å². The average Bonchev–Trinajstić information content (AvgIpc) is 2.95. The minimum atomic E-state index is 0.381. The molecule has 5 nitrogen and oxygen atoms in total. The van der Waals surface area contributed by atoms with E-state index in [4.69, 9.17) is 11.6 Å². The highest BCUT2D eigenvalue weighted by molar-refractivity contribution is 6.16. The quantitative estimate of drug-likeness (QED) is 0.689. The van der Waals surface area contributed by atoms with E-state index in [-0.39, 0.29) is 0 Å². The molecule has 0 N–H and O–H groups in total. The first-order chi connectivity index (χ1) is 9.19. The Bertz CT molecular complexity index is 728. The summed E-state index contributed by atoms with van der Waals surface area (Å²) in [5, 5.41) is 8.02. The molecule has 0 amide bonds. The van der Waals surface area contributed by atoms with E-state index in [0.717, 1.165) is 22.7 Å². The molecule has 0 aliphatic carbocycles. The molecule has 0 atom stereocenters. The number of fused-ring (bicyclic) bond motifs is 1. The molecule has 0 aliphatic heterocycles. The number of aromatic nitrogens is 5. The van der Waals surface area contributed by atoms with Crippen LogP contribution < -0.4 is 0 Å². The maximum atomic E-state index is 6.00. The predicted octanol–water partition coefficient (Wildman–Crippen LogP) is 2.26. The standard InChI is InChI=1S/C13H14ClN5/c1-9-3-4-10-11(5-9)19(12(6-14)16-10)7-13-17-15-8-18(13)2/h3-5,8H,6-7H2,1-2H3. The zero-order valence-corrected chi connectivity index (χ0v) is 11.6. The molecule has 6 heteroatoms. The highest BCUT2D eigenvalue weighted by Gasteiger charge is 2.12. The van der Waals surface area contributed by atoms with Crippen molar-refractivity contribution in [1.29, 1.82) is 0 Å². The second-order valence-corrected chi connectivity index (χ2v) is 4.87. The maximum absolute atomic E-state index is 6.00. The van der Waals surface area contributed by atoms with E-state index in [2.05, 4.69) is 38.8 Å². The van der Waals surface area contributed by atoms with Gasteiger partial charge in [0, 0.05) is 7.05 Å². The zero-order valence-electron chi connectivity index (χ0n) is 10.8. The molecule has 0 bridgehead atoms. The molecule has 3 aromatic rings. The van der Waals surface area contributed by atoms with Gasteiger partial charge in [0.2, 0.25) is 0 Å². The van der Waals surface area contributed by atoms with Crippen LogP contribution in [0.5, 0.6) is 0 Å². The van der Waals surface area contributed by atoms with Crippen LogP contribution >= 0.6 is 11.6 Å². The van der Waals surface area contributed by atoms with E-state index in [9.17, 15) is 0 Å². The number of hydrogen-bond donors (Lipinski definition) is 0. The lowest BCUT2D eigenvalue weighted by Gasteiger charge is -2.07. The fraction of sp³-hybridized carbons (Fsp3) is 0.308. The molecule has 1 aromatic carbocycles. The van der Waals surface area contributed by atoms with Crippen molar-refractivity contribution in [2.24, 2.45) is 7.05 Å². The van der Waals surface area contributed by atoms with Crippen molar-refractivity contribution < 1.29 is 0 Å². The molecule has 0 aliphatic rings. The Morgan fingerprint density at radius 3 is 2.79 bits per heavy atom. The second kappa shape index (κ2) is 4.66. The molecule has 98 valence electrons. The van der Waals surface area contributed by atoms with Gasteiger partial charge >= 0.3 is 0 Å². The fourth-order valence-corrected chi connectivity index (χ4v) is 2.36. The van der Waals surface area contributed by atoms with Crippen molar-refractivity contribution in [2.45, 2.75) is 19.3 Å². The van der Waals surface area contributed by atoms with Crippen LogP contribution in [0.25, 0.3) is 11.0 Å². The Kier molecular flexibility index (Phi) is 2.98. The van der Waals surface area contributed by atoms with Gasteiger partial charge in [-0.15, -0.1) is 21.8 Å². The van der Waals surface area contributed by atoms with E-state index >= 15 is 0 Å². The summed E-state index contributed by atoms with van der Waals surface area (Å²) in [4.78, 5) is 4.56. The van der Waals surface area contributed by atoms with Gasteiger partial charge in [-0.3, -0.25) is 0 Å². The van der Waals surface area contributed by atoms with Gasteiger partial charge in [0.25, 0.3) is 0 Å². The number of hydrogen-bond acceptors (Lipinski definition) is 3. The van der Waals surface area contributed by atoms with E-state index in [1.54, 1.807) is 6.33 Å². The molecule has 0 spiro atoms. The number of rotatable bonds is 3. The summed E-state index contributed by atoms with van der Waals surface area (Å²) in [6.07, 6.45) is 1.69. The summed E-state index contributed by atoms with van der Waals surface area (Å²) in [5.74, 6) is 2.11.